The molecule has 0 amide bonds. The van der Waals surface area contributed by atoms with Gasteiger partial charge in [0.15, 0.2) is 0 Å². The number of aryl methyl sites for hydroxylation is 1. The molecule has 2 rings (SSSR count). The Labute approximate surface area is 75.7 Å². The van der Waals surface area contributed by atoms with Crippen LogP contribution in [-0.2, 0) is 0 Å². The van der Waals surface area contributed by atoms with Crippen LogP contribution >= 0.6 is 0 Å². The lowest BCUT2D eigenvalue weighted by Crippen LogP contribution is -1.93. The Balaban J connectivity index is 2.53. The minimum absolute atomic E-state index is 0.207. The number of rotatable bonds is 1. The largest absolute Gasteiger partial charge is 0.306 e. The summed E-state index contributed by atoms with van der Waals surface area (Å²) in [7, 11) is 0. The molecule has 66 valence electrons. The topological polar surface area (TPSA) is 17.8 Å². The van der Waals surface area contributed by atoms with Gasteiger partial charge in [-0.25, -0.2) is 9.37 Å². The van der Waals surface area contributed by atoms with Crippen LogP contribution in [0.15, 0.2) is 36.9 Å². The fourth-order valence-corrected chi connectivity index (χ4v) is 1.31. The Morgan fingerprint density at radius 3 is 2.85 bits per heavy atom. The van der Waals surface area contributed by atoms with Crippen LogP contribution in [0.25, 0.3) is 5.69 Å². The van der Waals surface area contributed by atoms with Crippen LogP contribution in [0.2, 0.25) is 0 Å². The van der Waals surface area contributed by atoms with Crippen LogP contribution < -0.4 is 0 Å². The van der Waals surface area contributed by atoms with Crippen LogP contribution in [0.3, 0.4) is 0 Å². The van der Waals surface area contributed by atoms with E-state index in [0.29, 0.717) is 0 Å². The highest BCUT2D eigenvalue weighted by Crippen LogP contribution is 2.14. The van der Waals surface area contributed by atoms with Crippen molar-refractivity contribution in [1.29, 1.82) is 0 Å². The molecule has 1 heterocycles. The standard InChI is InChI=1S/C10H9FN2/c1-8-6-9(11)2-3-10(8)13-5-4-12-7-13/h2-7H,1H3. The van der Waals surface area contributed by atoms with E-state index in [-0.39, 0.29) is 5.82 Å². The molecule has 0 bridgehead atoms. The zero-order chi connectivity index (χ0) is 9.26. The molecular formula is C10H9FN2. The highest BCUT2D eigenvalue weighted by molar-refractivity contribution is 5.40. The van der Waals surface area contributed by atoms with E-state index in [1.807, 2.05) is 17.7 Å². The second-order valence-corrected chi connectivity index (χ2v) is 2.90. The fraction of sp³-hybridized carbons (Fsp3) is 0.100. The predicted molar refractivity (Wildman–Crippen MR) is 48.3 cm³/mol. The second-order valence-electron chi connectivity index (χ2n) is 2.90. The lowest BCUT2D eigenvalue weighted by molar-refractivity contribution is 0.626. The maximum Gasteiger partial charge on any atom is 0.123 e. The van der Waals surface area contributed by atoms with Crippen LogP contribution in [0.1, 0.15) is 5.56 Å². The van der Waals surface area contributed by atoms with Gasteiger partial charge in [-0.05, 0) is 30.7 Å². The van der Waals surface area contributed by atoms with Gasteiger partial charge in [0.1, 0.15) is 5.82 Å². The summed E-state index contributed by atoms with van der Waals surface area (Å²) >= 11 is 0. The molecule has 0 N–H and O–H groups in total. The van der Waals surface area contributed by atoms with Crippen molar-refractivity contribution in [3.63, 3.8) is 0 Å². The molecule has 13 heavy (non-hydrogen) atoms. The first-order chi connectivity index (χ1) is 6.27. The van der Waals surface area contributed by atoms with Gasteiger partial charge in [-0.2, -0.15) is 0 Å². The van der Waals surface area contributed by atoms with Crippen LogP contribution in [-0.4, -0.2) is 9.55 Å². The van der Waals surface area contributed by atoms with Gasteiger partial charge in [-0.3, -0.25) is 0 Å². The maximum atomic E-state index is 12.8. The number of nitrogens with zero attached hydrogens (tertiary/aromatic N) is 2. The minimum atomic E-state index is -0.207. The first-order valence-corrected chi connectivity index (χ1v) is 4.02. The average Bonchev–Trinajstić information content (AvgIpc) is 2.56. The highest BCUT2D eigenvalue weighted by Gasteiger charge is 2.00. The molecule has 1 aromatic carbocycles. The summed E-state index contributed by atoms with van der Waals surface area (Å²) in [6.07, 6.45) is 5.23. The van der Waals surface area contributed by atoms with E-state index in [2.05, 4.69) is 4.98 Å². The summed E-state index contributed by atoms with van der Waals surface area (Å²) in [4.78, 5) is 3.93. The number of halogens is 1. The Morgan fingerprint density at radius 2 is 2.23 bits per heavy atom. The lowest BCUT2D eigenvalue weighted by atomic mass is 10.2. The molecule has 0 aliphatic heterocycles. The summed E-state index contributed by atoms with van der Waals surface area (Å²) in [6.45, 7) is 1.87. The summed E-state index contributed by atoms with van der Waals surface area (Å²) in [5.74, 6) is -0.207. The zero-order valence-corrected chi connectivity index (χ0v) is 7.24. The van der Waals surface area contributed by atoms with Crippen molar-refractivity contribution in [2.75, 3.05) is 0 Å². The van der Waals surface area contributed by atoms with E-state index in [0.717, 1.165) is 11.3 Å². The van der Waals surface area contributed by atoms with Crippen molar-refractivity contribution in [2.45, 2.75) is 6.92 Å². The number of aromatic nitrogens is 2. The molecule has 2 nitrogen and oxygen atoms in total. The summed E-state index contributed by atoms with van der Waals surface area (Å²) < 4.78 is 14.6. The van der Waals surface area contributed by atoms with Gasteiger partial charge in [-0.15, -0.1) is 0 Å². The van der Waals surface area contributed by atoms with Crippen molar-refractivity contribution in [3.05, 3.63) is 48.3 Å². The zero-order valence-electron chi connectivity index (χ0n) is 7.24. The third-order valence-electron chi connectivity index (χ3n) is 1.94. The molecule has 0 radical (unpaired) electrons. The van der Waals surface area contributed by atoms with Crippen LogP contribution in [0.5, 0.6) is 0 Å². The molecule has 0 unspecified atom stereocenters. The number of imidazole rings is 1. The fourth-order valence-electron chi connectivity index (χ4n) is 1.31. The van der Waals surface area contributed by atoms with E-state index >= 15 is 0 Å². The molecule has 3 heteroatoms. The SMILES string of the molecule is Cc1cc(F)ccc1-n1ccnc1. The van der Waals surface area contributed by atoms with E-state index in [1.54, 1.807) is 18.6 Å². The molecular weight excluding hydrogens is 167 g/mol. The van der Waals surface area contributed by atoms with Gasteiger partial charge < -0.3 is 4.57 Å². The summed E-state index contributed by atoms with van der Waals surface area (Å²) in [5, 5.41) is 0. The number of benzene rings is 1. The first-order valence-electron chi connectivity index (χ1n) is 4.02. The average molecular weight is 176 g/mol. The molecule has 0 aliphatic carbocycles. The van der Waals surface area contributed by atoms with Gasteiger partial charge in [0.25, 0.3) is 0 Å². The van der Waals surface area contributed by atoms with E-state index in [9.17, 15) is 4.39 Å². The van der Waals surface area contributed by atoms with Gasteiger partial charge in [0.2, 0.25) is 0 Å². The normalized spacial score (nSPS) is 10.3. The Kier molecular flexibility index (Phi) is 1.85. The van der Waals surface area contributed by atoms with E-state index < -0.39 is 0 Å². The summed E-state index contributed by atoms with van der Waals surface area (Å²) in [5.41, 5.74) is 1.86. The Morgan fingerprint density at radius 1 is 1.38 bits per heavy atom. The Bertz CT molecular complexity index is 407. The molecule has 0 atom stereocenters. The van der Waals surface area contributed by atoms with Crippen molar-refractivity contribution in [2.24, 2.45) is 0 Å². The van der Waals surface area contributed by atoms with Gasteiger partial charge in [0.05, 0.1) is 6.33 Å². The monoisotopic (exact) mass is 176 g/mol. The smallest absolute Gasteiger partial charge is 0.123 e. The highest BCUT2D eigenvalue weighted by atomic mass is 19.1. The van der Waals surface area contributed by atoms with Gasteiger partial charge in [0, 0.05) is 18.1 Å². The van der Waals surface area contributed by atoms with Gasteiger partial charge >= 0.3 is 0 Å². The molecule has 0 saturated carbocycles. The lowest BCUT2D eigenvalue weighted by Gasteiger charge is -2.05. The maximum absolute atomic E-state index is 12.8. The van der Waals surface area contributed by atoms with Crippen molar-refractivity contribution in [1.82, 2.24) is 9.55 Å². The molecule has 0 fully saturated rings. The quantitative estimate of drug-likeness (QED) is 0.652. The molecule has 1 aromatic heterocycles. The third kappa shape index (κ3) is 1.45. The third-order valence-corrected chi connectivity index (χ3v) is 1.94. The van der Waals surface area contributed by atoms with Gasteiger partial charge in [-0.1, -0.05) is 0 Å². The van der Waals surface area contributed by atoms with E-state index in [4.69, 9.17) is 0 Å². The second kappa shape index (κ2) is 3.01. The molecule has 0 saturated heterocycles. The molecule has 0 aliphatic rings. The summed E-state index contributed by atoms with van der Waals surface area (Å²) in [6, 6.07) is 4.70. The Hall–Kier alpha value is -1.64. The molecule has 2 aromatic rings. The number of hydrogen-bond donors (Lipinski definition) is 0. The van der Waals surface area contributed by atoms with Crippen LogP contribution in [0, 0.1) is 12.7 Å². The van der Waals surface area contributed by atoms with Crippen molar-refractivity contribution < 1.29 is 4.39 Å². The van der Waals surface area contributed by atoms with E-state index in [1.165, 1.54) is 12.1 Å². The number of hydrogen-bond acceptors (Lipinski definition) is 1. The first kappa shape index (κ1) is 7.98. The predicted octanol–water partition coefficient (Wildman–Crippen LogP) is 2.32. The minimum Gasteiger partial charge on any atom is -0.306 e. The van der Waals surface area contributed by atoms with Crippen molar-refractivity contribution >= 4 is 0 Å². The van der Waals surface area contributed by atoms with Crippen molar-refractivity contribution in [3.8, 4) is 5.69 Å². The molecule has 0 spiro atoms. The van der Waals surface area contributed by atoms with Crippen LogP contribution in [0.4, 0.5) is 4.39 Å².